The van der Waals surface area contributed by atoms with Gasteiger partial charge in [-0.2, -0.15) is 21.9 Å². The van der Waals surface area contributed by atoms with Crippen LogP contribution in [0.25, 0.3) is 0 Å². The zero-order valence-corrected chi connectivity index (χ0v) is 10.8. The summed E-state index contributed by atoms with van der Waals surface area (Å²) in [4.78, 5) is 0. The Balaban J connectivity index is 2.29. The molecule has 2 rings (SSSR count). The molecule has 1 heterocycles. The monoisotopic (exact) mass is 313 g/mol. The van der Waals surface area contributed by atoms with Gasteiger partial charge in [0, 0.05) is 0 Å². The van der Waals surface area contributed by atoms with Gasteiger partial charge < -0.3 is 5.32 Å². The van der Waals surface area contributed by atoms with Crippen molar-refractivity contribution in [1.82, 2.24) is 8.75 Å². The number of hydrogen-bond donors (Lipinski definition) is 1. The first-order valence-corrected chi connectivity index (χ1v) is 5.98. The molecule has 0 spiro atoms. The van der Waals surface area contributed by atoms with Gasteiger partial charge in [0.25, 0.3) is 0 Å². The van der Waals surface area contributed by atoms with Gasteiger partial charge in [0.2, 0.25) is 0 Å². The first-order chi connectivity index (χ1) is 8.38. The maximum atomic E-state index is 12.4. The van der Waals surface area contributed by atoms with E-state index in [4.69, 9.17) is 23.2 Å². The molecule has 0 unspecified atom stereocenters. The maximum absolute atomic E-state index is 12.4. The minimum atomic E-state index is -4.43. The van der Waals surface area contributed by atoms with Crippen molar-refractivity contribution in [1.29, 1.82) is 0 Å². The van der Waals surface area contributed by atoms with Crippen LogP contribution in [0, 0.1) is 0 Å². The lowest BCUT2D eigenvalue weighted by molar-refractivity contribution is -0.137. The molecular formula is C9H4Cl2F3N3S. The van der Waals surface area contributed by atoms with E-state index in [9.17, 15) is 13.2 Å². The van der Waals surface area contributed by atoms with Crippen LogP contribution in [-0.4, -0.2) is 8.75 Å². The number of aromatic nitrogens is 2. The van der Waals surface area contributed by atoms with E-state index in [0.29, 0.717) is 0 Å². The van der Waals surface area contributed by atoms with Crippen molar-refractivity contribution in [3.8, 4) is 0 Å². The van der Waals surface area contributed by atoms with Gasteiger partial charge in [-0.15, -0.1) is 0 Å². The van der Waals surface area contributed by atoms with Crippen LogP contribution >= 0.6 is 34.9 Å². The van der Waals surface area contributed by atoms with Crippen LogP contribution in [0.15, 0.2) is 18.2 Å². The third-order valence-corrected chi connectivity index (χ3v) is 3.20. The molecule has 0 bridgehead atoms. The highest BCUT2D eigenvalue weighted by atomic mass is 35.5. The van der Waals surface area contributed by atoms with Crippen LogP contribution < -0.4 is 5.32 Å². The molecule has 0 atom stereocenters. The molecule has 9 heteroatoms. The molecule has 18 heavy (non-hydrogen) atoms. The number of hydrogen-bond acceptors (Lipinski definition) is 4. The summed E-state index contributed by atoms with van der Waals surface area (Å²) in [6.07, 6.45) is -4.43. The molecule has 0 saturated heterocycles. The molecule has 0 amide bonds. The molecule has 96 valence electrons. The predicted molar refractivity (Wildman–Crippen MR) is 64.7 cm³/mol. The lowest BCUT2D eigenvalue weighted by Crippen LogP contribution is -2.05. The van der Waals surface area contributed by atoms with Crippen molar-refractivity contribution >= 4 is 46.4 Å². The summed E-state index contributed by atoms with van der Waals surface area (Å²) >= 11 is 12.3. The quantitative estimate of drug-likeness (QED) is 0.880. The number of rotatable bonds is 2. The Morgan fingerprint density at radius 1 is 1.17 bits per heavy atom. The molecule has 1 aromatic heterocycles. The van der Waals surface area contributed by atoms with Gasteiger partial charge in [0.1, 0.15) is 0 Å². The fraction of sp³-hybridized carbons (Fsp3) is 0.111. The first kappa shape index (κ1) is 13.4. The van der Waals surface area contributed by atoms with Crippen molar-refractivity contribution < 1.29 is 13.2 Å². The van der Waals surface area contributed by atoms with Crippen molar-refractivity contribution in [3.63, 3.8) is 0 Å². The SMILES string of the molecule is FC(F)(F)c1ccc(Nc2nsnc2Cl)c(Cl)c1. The van der Waals surface area contributed by atoms with Crippen LogP contribution in [0.3, 0.4) is 0 Å². The second kappa shape index (κ2) is 4.91. The summed E-state index contributed by atoms with van der Waals surface area (Å²) in [6, 6.07) is 2.96. The second-order valence-electron chi connectivity index (χ2n) is 3.22. The Kier molecular flexibility index (Phi) is 3.65. The highest BCUT2D eigenvalue weighted by Crippen LogP contribution is 2.35. The first-order valence-electron chi connectivity index (χ1n) is 4.50. The number of alkyl halides is 3. The molecule has 1 aromatic carbocycles. The fourth-order valence-corrected chi connectivity index (χ4v) is 2.05. The number of nitrogens with one attached hydrogen (secondary N) is 1. The minimum Gasteiger partial charge on any atom is -0.336 e. The molecule has 0 aliphatic rings. The maximum Gasteiger partial charge on any atom is 0.416 e. The molecular weight excluding hydrogens is 310 g/mol. The number of halogens is 5. The van der Waals surface area contributed by atoms with E-state index in [1.165, 1.54) is 6.07 Å². The smallest absolute Gasteiger partial charge is 0.336 e. The second-order valence-corrected chi connectivity index (χ2v) is 4.51. The lowest BCUT2D eigenvalue weighted by atomic mass is 10.2. The van der Waals surface area contributed by atoms with Crippen molar-refractivity contribution in [2.75, 3.05) is 5.32 Å². The number of benzene rings is 1. The van der Waals surface area contributed by atoms with E-state index < -0.39 is 11.7 Å². The zero-order valence-electron chi connectivity index (χ0n) is 8.42. The van der Waals surface area contributed by atoms with Crippen molar-refractivity contribution in [3.05, 3.63) is 33.9 Å². The molecule has 0 fully saturated rings. The zero-order chi connectivity index (χ0) is 13.3. The molecule has 1 N–H and O–H groups in total. The van der Waals surface area contributed by atoms with Gasteiger partial charge in [-0.25, -0.2) is 0 Å². The third kappa shape index (κ3) is 2.85. The molecule has 0 radical (unpaired) electrons. The van der Waals surface area contributed by atoms with Gasteiger partial charge in [-0.05, 0) is 18.2 Å². The van der Waals surface area contributed by atoms with Gasteiger partial charge in [0.05, 0.1) is 28.0 Å². The van der Waals surface area contributed by atoms with E-state index in [1.54, 1.807) is 0 Å². The van der Waals surface area contributed by atoms with Gasteiger partial charge in [0.15, 0.2) is 11.0 Å². The van der Waals surface area contributed by atoms with Crippen LogP contribution in [0.1, 0.15) is 5.56 Å². The van der Waals surface area contributed by atoms with Gasteiger partial charge in [-0.3, -0.25) is 0 Å². The Bertz CT molecular complexity index is 570. The van der Waals surface area contributed by atoms with E-state index in [1.807, 2.05) is 0 Å². The minimum absolute atomic E-state index is 0.0751. The van der Waals surface area contributed by atoms with Gasteiger partial charge >= 0.3 is 6.18 Å². The summed E-state index contributed by atoms with van der Waals surface area (Å²) in [5.74, 6) is 0.253. The Labute approximate surface area is 114 Å². The molecule has 0 aliphatic carbocycles. The fourth-order valence-electron chi connectivity index (χ4n) is 1.17. The standard InChI is InChI=1S/C9H4Cl2F3N3S/c10-5-3-4(9(12,13)14)1-2-6(5)15-8-7(11)16-18-17-8/h1-3H,(H,15,17). The molecule has 0 aliphatic heterocycles. The number of nitrogens with zero attached hydrogens (tertiary/aromatic N) is 2. The molecule has 2 aromatic rings. The van der Waals surface area contributed by atoms with E-state index in [-0.39, 0.29) is 21.7 Å². The van der Waals surface area contributed by atoms with Crippen LogP contribution in [-0.2, 0) is 6.18 Å². The summed E-state index contributed by atoms with van der Waals surface area (Å²) in [6.45, 7) is 0. The highest BCUT2D eigenvalue weighted by Gasteiger charge is 2.30. The predicted octanol–water partition coefficient (Wildman–Crippen LogP) is 4.61. The molecule has 3 nitrogen and oxygen atoms in total. The van der Waals surface area contributed by atoms with Crippen LogP contribution in [0.4, 0.5) is 24.7 Å². The van der Waals surface area contributed by atoms with Gasteiger partial charge in [-0.1, -0.05) is 23.2 Å². The normalized spacial score (nSPS) is 11.6. The summed E-state index contributed by atoms with van der Waals surface area (Å²) in [5.41, 5.74) is -0.542. The Morgan fingerprint density at radius 3 is 2.39 bits per heavy atom. The van der Waals surface area contributed by atoms with Crippen molar-refractivity contribution in [2.45, 2.75) is 6.18 Å². The summed E-state index contributed by atoms with van der Waals surface area (Å²) in [5, 5.41) is 2.76. The molecule has 0 saturated carbocycles. The largest absolute Gasteiger partial charge is 0.416 e. The van der Waals surface area contributed by atoms with E-state index >= 15 is 0 Å². The van der Waals surface area contributed by atoms with E-state index in [0.717, 1.165) is 23.9 Å². The third-order valence-electron chi connectivity index (χ3n) is 2.00. The van der Waals surface area contributed by atoms with Crippen LogP contribution in [0.2, 0.25) is 10.2 Å². The Hall–Kier alpha value is -1.05. The number of anilines is 2. The van der Waals surface area contributed by atoms with Crippen LogP contribution in [0.5, 0.6) is 0 Å². The lowest BCUT2D eigenvalue weighted by Gasteiger charge is -2.10. The average molecular weight is 314 g/mol. The summed E-state index contributed by atoms with van der Waals surface area (Å²) in [7, 11) is 0. The topological polar surface area (TPSA) is 37.8 Å². The Morgan fingerprint density at radius 2 is 1.89 bits per heavy atom. The van der Waals surface area contributed by atoms with E-state index in [2.05, 4.69) is 14.1 Å². The average Bonchev–Trinajstić information content (AvgIpc) is 2.66. The summed E-state index contributed by atoms with van der Waals surface area (Å²) < 4.78 is 44.8. The highest BCUT2D eigenvalue weighted by molar-refractivity contribution is 6.99. The van der Waals surface area contributed by atoms with Crippen molar-refractivity contribution in [2.24, 2.45) is 0 Å².